The first kappa shape index (κ1) is 19.4. The van der Waals surface area contributed by atoms with E-state index in [1.54, 1.807) is 0 Å². The van der Waals surface area contributed by atoms with E-state index in [9.17, 15) is 4.79 Å². The summed E-state index contributed by atoms with van der Waals surface area (Å²) in [7, 11) is 1.40. The Bertz CT molecular complexity index is 479. The molecule has 1 aromatic carbocycles. The Morgan fingerprint density at radius 3 is 2.52 bits per heavy atom. The van der Waals surface area contributed by atoms with Crippen LogP contribution in [0.2, 0.25) is 0 Å². The minimum atomic E-state index is -0.629. The lowest BCUT2D eigenvalue weighted by molar-refractivity contribution is -0.155. The van der Waals surface area contributed by atoms with Gasteiger partial charge in [0.1, 0.15) is 0 Å². The predicted molar refractivity (Wildman–Crippen MR) is 94.2 cm³/mol. The van der Waals surface area contributed by atoms with Crippen molar-refractivity contribution in [1.82, 2.24) is 0 Å². The highest BCUT2D eigenvalue weighted by Crippen LogP contribution is 2.20. The molecule has 0 N–H and O–H groups in total. The highest BCUT2D eigenvalue weighted by atomic mass is 16.6. The quantitative estimate of drug-likeness (QED) is 0.446. The van der Waals surface area contributed by atoms with E-state index in [1.165, 1.54) is 12.7 Å². The Labute approximate surface area is 140 Å². The molecule has 0 aliphatic carbocycles. The topological polar surface area (TPSA) is 35.5 Å². The summed E-state index contributed by atoms with van der Waals surface area (Å²) in [6, 6.07) is 9.51. The van der Waals surface area contributed by atoms with Crippen molar-refractivity contribution in [2.45, 2.75) is 52.6 Å². The molecule has 3 heteroatoms. The number of methoxy groups -OCH3 is 1. The van der Waals surface area contributed by atoms with E-state index in [1.807, 2.05) is 30.3 Å². The fourth-order valence-electron chi connectivity index (χ4n) is 2.33. The summed E-state index contributed by atoms with van der Waals surface area (Å²) in [5.74, 6) is 0.232. The lowest BCUT2D eigenvalue weighted by Gasteiger charge is -2.17. The van der Waals surface area contributed by atoms with Crippen molar-refractivity contribution < 1.29 is 14.3 Å². The van der Waals surface area contributed by atoms with Crippen molar-refractivity contribution in [2.75, 3.05) is 13.7 Å². The third-order valence-electron chi connectivity index (χ3n) is 4.12. The van der Waals surface area contributed by atoms with Gasteiger partial charge in [-0.05, 0) is 44.1 Å². The molecule has 0 saturated heterocycles. The molecule has 0 aromatic heterocycles. The van der Waals surface area contributed by atoms with Gasteiger partial charge in [-0.2, -0.15) is 0 Å². The molecule has 0 fully saturated rings. The van der Waals surface area contributed by atoms with Gasteiger partial charge in [-0.3, -0.25) is 0 Å². The van der Waals surface area contributed by atoms with E-state index in [2.05, 4.69) is 26.8 Å². The number of hydrogen-bond acceptors (Lipinski definition) is 3. The summed E-state index contributed by atoms with van der Waals surface area (Å²) in [5.41, 5.74) is 2.29. The van der Waals surface area contributed by atoms with Gasteiger partial charge in [-0.25, -0.2) is 4.79 Å². The Morgan fingerprint density at radius 2 is 1.91 bits per heavy atom. The van der Waals surface area contributed by atoms with Crippen molar-refractivity contribution in [3.05, 3.63) is 47.5 Å². The molecule has 0 saturated carbocycles. The van der Waals surface area contributed by atoms with Crippen LogP contribution >= 0.6 is 0 Å². The van der Waals surface area contributed by atoms with E-state index in [4.69, 9.17) is 9.47 Å². The molecule has 128 valence electrons. The summed E-state index contributed by atoms with van der Waals surface area (Å²) >= 11 is 0. The molecular formula is C20H30O3. The zero-order valence-electron chi connectivity index (χ0n) is 14.9. The monoisotopic (exact) mass is 318 g/mol. The molecule has 0 bridgehead atoms. The SMILES string of the molecule is CCC(C)=CCCC(C)CCOC(C(=O)OC)c1ccccc1. The van der Waals surface area contributed by atoms with E-state index in [0.717, 1.165) is 31.2 Å². The maximum Gasteiger partial charge on any atom is 0.339 e. The minimum Gasteiger partial charge on any atom is -0.467 e. The normalized spacial score (nSPS) is 14.3. The second-order valence-corrected chi connectivity index (χ2v) is 6.06. The summed E-state index contributed by atoms with van der Waals surface area (Å²) < 4.78 is 10.7. The van der Waals surface area contributed by atoms with Crippen molar-refractivity contribution in [3.63, 3.8) is 0 Å². The van der Waals surface area contributed by atoms with E-state index in [0.29, 0.717) is 12.5 Å². The van der Waals surface area contributed by atoms with Crippen molar-refractivity contribution in [2.24, 2.45) is 5.92 Å². The first-order chi connectivity index (χ1) is 11.1. The van der Waals surface area contributed by atoms with Crippen LogP contribution < -0.4 is 0 Å². The maximum absolute atomic E-state index is 11.9. The maximum atomic E-state index is 11.9. The number of allylic oxidation sites excluding steroid dienone is 2. The average Bonchev–Trinajstić information content (AvgIpc) is 2.58. The lowest BCUT2D eigenvalue weighted by Crippen LogP contribution is -2.18. The van der Waals surface area contributed by atoms with Gasteiger partial charge in [0, 0.05) is 6.61 Å². The minimum absolute atomic E-state index is 0.342. The van der Waals surface area contributed by atoms with Gasteiger partial charge >= 0.3 is 5.97 Å². The number of carbonyl (C=O) groups excluding carboxylic acids is 1. The Balaban J connectivity index is 2.42. The van der Waals surface area contributed by atoms with Gasteiger partial charge in [0.25, 0.3) is 0 Å². The largest absolute Gasteiger partial charge is 0.467 e. The third-order valence-corrected chi connectivity index (χ3v) is 4.12. The number of ether oxygens (including phenoxy) is 2. The van der Waals surface area contributed by atoms with Crippen LogP contribution in [-0.4, -0.2) is 19.7 Å². The molecule has 23 heavy (non-hydrogen) atoms. The predicted octanol–water partition coefficient (Wildman–Crippen LogP) is 5.08. The van der Waals surface area contributed by atoms with Crippen LogP contribution in [0.5, 0.6) is 0 Å². The number of esters is 1. The summed E-state index contributed by atoms with van der Waals surface area (Å²) in [5, 5.41) is 0. The van der Waals surface area contributed by atoms with Gasteiger partial charge in [0.2, 0.25) is 0 Å². The molecule has 0 amide bonds. The van der Waals surface area contributed by atoms with Gasteiger partial charge in [-0.15, -0.1) is 0 Å². The van der Waals surface area contributed by atoms with E-state index < -0.39 is 6.10 Å². The molecule has 0 radical (unpaired) electrons. The number of benzene rings is 1. The van der Waals surface area contributed by atoms with E-state index in [-0.39, 0.29) is 5.97 Å². The number of carbonyl (C=O) groups is 1. The summed E-state index contributed by atoms with van der Waals surface area (Å²) in [4.78, 5) is 11.9. The molecule has 2 unspecified atom stereocenters. The summed E-state index contributed by atoms with van der Waals surface area (Å²) in [6.45, 7) is 7.15. The third kappa shape index (κ3) is 7.47. The van der Waals surface area contributed by atoms with Crippen LogP contribution in [0, 0.1) is 5.92 Å². The van der Waals surface area contributed by atoms with Crippen LogP contribution in [-0.2, 0) is 14.3 Å². The Hall–Kier alpha value is -1.61. The molecule has 1 rings (SSSR count). The second-order valence-electron chi connectivity index (χ2n) is 6.06. The number of hydrogen-bond donors (Lipinski definition) is 0. The van der Waals surface area contributed by atoms with E-state index >= 15 is 0 Å². The highest BCUT2D eigenvalue weighted by molar-refractivity contribution is 5.76. The Kier molecular flexibility index (Phi) is 9.30. The van der Waals surface area contributed by atoms with Gasteiger partial charge < -0.3 is 9.47 Å². The molecule has 0 aliphatic rings. The number of rotatable bonds is 10. The molecule has 0 heterocycles. The first-order valence-corrected chi connectivity index (χ1v) is 8.48. The molecule has 3 nitrogen and oxygen atoms in total. The fraction of sp³-hybridized carbons (Fsp3) is 0.550. The van der Waals surface area contributed by atoms with Gasteiger partial charge in [0.15, 0.2) is 6.10 Å². The van der Waals surface area contributed by atoms with Crippen LogP contribution in [0.3, 0.4) is 0 Å². The van der Waals surface area contributed by atoms with Crippen LogP contribution in [0.25, 0.3) is 0 Å². The standard InChI is InChI=1S/C20H30O3/c1-5-16(2)10-9-11-17(3)14-15-23-19(20(21)22-4)18-12-7-6-8-13-18/h6-8,10,12-13,17,19H,5,9,11,14-15H2,1-4H3. The van der Waals surface area contributed by atoms with Crippen molar-refractivity contribution in [1.29, 1.82) is 0 Å². The first-order valence-electron chi connectivity index (χ1n) is 8.48. The highest BCUT2D eigenvalue weighted by Gasteiger charge is 2.21. The smallest absolute Gasteiger partial charge is 0.339 e. The second kappa shape index (κ2) is 11.0. The Morgan fingerprint density at radius 1 is 1.22 bits per heavy atom. The van der Waals surface area contributed by atoms with Crippen molar-refractivity contribution in [3.8, 4) is 0 Å². The van der Waals surface area contributed by atoms with Crippen LogP contribution in [0.1, 0.15) is 58.1 Å². The van der Waals surface area contributed by atoms with Gasteiger partial charge in [0.05, 0.1) is 7.11 Å². The molecule has 0 spiro atoms. The zero-order chi connectivity index (χ0) is 17.1. The van der Waals surface area contributed by atoms with Crippen LogP contribution in [0.15, 0.2) is 42.0 Å². The molecular weight excluding hydrogens is 288 g/mol. The lowest BCUT2D eigenvalue weighted by atomic mass is 10.0. The zero-order valence-corrected chi connectivity index (χ0v) is 14.9. The molecule has 0 aliphatic heterocycles. The van der Waals surface area contributed by atoms with Crippen molar-refractivity contribution >= 4 is 5.97 Å². The average molecular weight is 318 g/mol. The molecule has 2 atom stereocenters. The molecule has 1 aromatic rings. The van der Waals surface area contributed by atoms with Gasteiger partial charge in [-0.1, -0.05) is 55.8 Å². The van der Waals surface area contributed by atoms with Crippen LogP contribution in [0.4, 0.5) is 0 Å². The fourth-order valence-corrected chi connectivity index (χ4v) is 2.33. The summed E-state index contributed by atoms with van der Waals surface area (Å²) in [6.07, 6.45) is 6.01.